The van der Waals surface area contributed by atoms with Gasteiger partial charge in [-0.1, -0.05) is 17.7 Å². The average Bonchev–Trinajstić information content (AvgIpc) is 3.73. The third kappa shape index (κ3) is 4.42. The van der Waals surface area contributed by atoms with Crippen molar-refractivity contribution < 1.29 is 0 Å². The number of nitriles is 2. The average molecular weight is 481 g/mol. The summed E-state index contributed by atoms with van der Waals surface area (Å²) in [4.78, 5) is 22.2. The fourth-order valence-corrected chi connectivity index (χ4v) is 5.62. The molecule has 7 nitrogen and oxygen atoms in total. The van der Waals surface area contributed by atoms with E-state index in [1.807, 2.05) is 7.05 Å². The molecular weight excluding hydrogens is 448 g/mol. The maximum Gasteiger partial charge on any atom is 0.270 e. The molecule has 36 heavy (non-hydrogen) atoms. The quantitative estimate of drug-likeness (QED) is 0.510. The summed E-state index contributed by atoms with van der Waals surface area (Å²) in [5, 5.41) is 19.3. The molecule has 2 fully saturated rings. The van der Waals surface area contributed by atoms with E-state index in [9.17, 15) is 15.3 Å². The molecule has 2 aliphatic carbocycles. The summed E-state index contributed by atoms with van der Waals surface area (Å²) in [6.07, 6.45) is 6.69. The van der Waals surface area contributed by atoms with Crippen LogP contribution in [0.1, 0.15) is 55.3 Å². The fraction of sp³-hybridized carbons (Fsp3) is 0.448. The number of hydrogen-bond acceptors (Lipinski definition) is 6. The van der Waals surface area contributed by atoms with Crippen LogP contribution in [0.15, 0.2) is 41.2 Å². The highest BCUT2D eigenvalue weighted by molar-refractivity contribution is 5.92. The predicted molar refractivity (Wildman–Crippen MR) is 142 cm³/mol. The van der Waals surface area contributed by atoms with Gasteiger partial charge in [-0.05, 0) is 75.6 Å². The number of aryl methyl sites for hydroxylation is 2. The van der Waals surface area contributed by atoms with Crippen molar-refractivity contribution in [2.75, 3.05) is 23.4 Å². The molecule has 3 aromatic rings. The van der Waals surface area contributed by atoms with Gasteiger partial charge in [-0.25, -0.2) is 4.98 Å². The van der Waals surface area contributed by atoms with Gasteiger partial charge in [0, 0.05) is 38.4 Å². The Kier molecular flexibility index (Phi) is 6.41. The van der Waals surface area contributed by atoms with Gasteiger partial charge in [0.25, 0.3) is 5.56 Å². The minimum atomic E-state index is -0.331. The molecule has 184 valence electrons. The van der Waals surface area contributed by atoms with Gasteiger partial charge in [0.2, 0.25) is 0 Å². The molecule has 0 radical (unpaired) electrons. The van der Waals surface area contributed by atoms with E-state index in [1.54, 1.807) is 19.2 Å². The lowest BCUT2D eigenvalue weighted by atomic mass is 9.88. The second-order valence-electron chi connectivity index (χ2n) is 10.4. The van der Waals surface area contributed by atoms with Crippen LogP contribution < -0.4 is 15.4 Å². The Balaban J connectivity index is 1.43. The Bertz CT molecular complexity index is 1420. The number of anilines is 2. The third-order valence-corrected chi connectivity index (χ3v) is 7.97. The lowest BCUT2D eigenvalue weighted by Crippen LogP contribution is -2.44. The maximum absolute atomic E-state index is 13.0. The number of pyridine rings is 2. The number of fused-ring (bicyclic) bond motifs is 1. The first-order valence-corrected chi connectivity index (χ1v) is 12.8. The molecule has 7 heteroatoms. The topological polar surface area (TPSA) is 89.0 Å². The Morgan fingerprint density at radius 3 is 2.25 bits per heavy atom. The number of aromatic nitrogens is 2. The van der Waals surface area contributed by atoms with Gasteiger partial charge >= 0.3 is 0 Å². The van der Waals surface area contributed by atoms with Gasteiger partial charge in [0.1, 0.15) is 28.9 Å². The highest BCUT2D eigenvalue weighted by Gasteiger charge is 2.33. The molecule has 0 bridgehead atoms. The summed E-state index contributed by atoms with van der Waals surface area (Å²) in [5.74, 6) is 0.803. The number of benzene rings is 1. The summed E-state index contributed by atoms with van der Waals surface area (Å²) in [5.41, 5.74) is 4.33. The Morgan fingerprint density at radius 2 is 1.64 bits per heavy atom. The van der Waals surface area contributed by atoms with Crippen molar-refractivity contribution >= 4 is 22.4 Å². The molecule has 1 aromatic carbocycles. The summed E-state index contributed by atoms with van der Waals surface area (Å²) in [6.45, 7) is 3.24. The van der Waals surface area contributed by atoms with Crippen LogP contribution in [0, 0.1) is 35.5 Å². The van der Waals surface area contributed by atoms with Crippen molar-refractivity contribution in [2.45, 2.75) is 57.5 Å². The van der Waals surface area contributed by atoms with Crippen molar-refractivity contribution in [2.24, 2.45) is 13.0 Å². The highest BCUT2D eigenvalue weighted by atomic mass is 16.1. The molecule has 2 aliphatic rings. The van der Waals surface area contributed by atoms with E-state index < -0.39 is 0 Å². The lowest BCUT2D eigenvalue weighted by Gasteiger charge is -2.41. The molecule has 0 unspecified atom stereocenters. The smallest absolute Gasteiger partial charge is 0.270 e. The van der Waals surface area contributed by atoms with Crippen LogP contribution in [0.25, 0.3) is 11.0 Å². The van der Waals surface area contributed by atoms with Crippen LogP contribution in [0.4, 0.5) is 11.4 Å². The van der Waals surface area contributed by atoms with E-state index in [1.165, 1.54) is 28.7 Å². The molecule has 5 rings (SSSR count). The minimum Gasteiger partial charge on any atom is -0.369 e. The lowest BCUT2D eigenvalue weighted by molar-refractivity contribution is 0.365. The SMILES string of the molecule is Cc1ccc(N(CC2CC2)[C@H]2CC[C@H](N(C)c3c(C#N)c(=O)n(C)c4ccc(C#N)nc34)CC2)cc1. The van der Waals surface area contributed by atoms with E-state index in [0.717, 1.165) is 38.1 Å². The molecule has 0 spiro atoms. The molecule has 0 amide bonds. The van der Waals surface area contributed by atoms with Gasteiger partial charge in [0.15, 0.2) is 0 Å². The van der Waals surface area contributed by atoms with E-state index in [-0.39, 0.29) is 22.9 Å². The predicted octanol–water partition coefficient (Wildman–Crippen LogP) is 4.65. The first-order chi connectivity index (χ1) is 17.4. The molecule has 2 heterocycles. The van der Waals surface area contributed by atoms with Gasteiger partial charge < -0.3 is 14.4 Å². The van der Waals surface area contributed by atoms with Crippen LogP contribution in [-0.2, 0) is 7.05 Å². The zero-order valence-electron chi connectivity index (χ0n) is 21.2. The molecule has 0 saturated heterocycles. The van der Waals surface area contributed by atoms with E-state index in [2.05, 4.69) is 58.1 Å². The monoisotopic (exact) mass is 480 g/mol. The Hall–Kier alpha value is -3.84. The molecule has 2 aromatic heterocycles. The van der Waals surface area contributed by atoms with Crippen LogP contribution >= 0.6 is 0 Å². The fourth-order valence-electron chi connectivity index (χ4n) is 5.62. The zero-order chi connectivity index (χ0) is 25.4. The third-order valence-electron chi connectivity index (χ3n) is 7.97. The molecule has 2 saturated carbocycles. The normalized spacial score (nSPS) is 19.5. The Labute approximate surface area is 212 Å². The Morgan fingerprint density at radius 1 is 0.972 bits per heavy atom. The number of rotatable bonds is 6. The second-order valence-corrected chi connectivity index (χ2v) is 10.4. The first-order valence-electron chi connectivity index (χ1n) is 12.8. The van der Waals surface area contributed by atoms with Gasteiger partial charge in [-0.3, -0.25) is 4.79 Å². The summed E-state index contributed by atoms with van der Waals surface area (Å²) in [6, 6.07) is 17.1. The molecule has 0 atom stereocenters. The maximum atomic E-state index is 13.0. The van der Waals surface area contributed by atoms with Gasteiger partial charge in [0.05, 0.1) is 11.2 Å². The largest absolute Gasteiger partial charge is 0.369 e. The van der Waals surface area contributed by atoms with Crippen molar-refractivity contribution in [1.29, 1.82) is 10.5 Å². The van der Waals surface area contributed by atoms with Crippen molar-refractivity contribution in [3.8, 4) is 12.1 Å². The van der Waals surface area contributed by atoms with E-state index in [0.29, 0.717) is 22.8 Å². The summed E-state index contributed by atoms with van der Waals surface area (Å²) < 4.78 is 1.45. The van der Waals surface area contributed by atoms with Gasteiger partial charge in [-0.2, -0.15) is 10.5 Å². The standard InChI is InChI=1S/C29H32N6O/c1-19-4-9-23(10-5-19)35(18-20-6-7-20)24-13-11-22(12-14-24)33(2)28-25(17-31)29(36)34(3)26-15-8-21(16-30)32-27(26)28/h4-5,8-10,15,20,22,24H,6-7,11-14,18H2,1-3H3/t22-,24-. The van der Waals surface area contributed by atoms with Crippen molar-refractivity contribution in [3.05, 3.63) is 63.6 Å². The van der Waals surface area contributed by atoms with Crippen molar-refractivity contribution in [3.63, 3.8) is 0 Å². The molecule has 0 N–H and O–H groups in total. The van der Waals surface area contributed by atoms with E-state index in [4.69, 9.17) is 0 Å². The van der Waals surface area contributed by atoms with Crippen LogP contribution in [0.3, 0.4) is 0 Å². The van der Waals surface area contributed by atoms with E-state index >= 15 is 0 Å². The summed E-state index contributed by atoms with van der Waals surface area (Å²) in [7, 11) is 3.61. The number of hydrogen-bond donors (Lipinski definition) is 0. The first kappa shape index (κ1) is 23.9. The molecule has 0 aliphatic heterocycles. The second kappa shape index (κ2) is 9.66. The summed E-state index contributed by atoms with van der Waals surface area (Å²) >= 11 is 0. The molecular formula is C29H32N6O. The highest BCUT2D eigenvalue weighted by Crippen LogP contribution is 2.37. The van der Waals surface area contributed by atoms with Gasteiger partial charge in [-0.15, -0.1) is 0 Å². The minimum absolute atomic E-state index is 0.0900. The van der Waals surface area contributed by atoms with Crippen LogP contribution in [0.2, 0.25) is 0 Å². The van der Waals surface area contributed by atoms with Crippen molar-refractivity contribution in [1.82, 2.24) is 9.55 Å². The van der Waals surface area contributed by atoms with Crippen LogP contribution in [-0.4, -0.2) is 35.2 Å². The van der Waals surface area contributed by atoms with Crippen LogP contribution in [0.5, 0.6) is 0 Å². The zero-order valence-corrected chi connectivity index (χ0v) is 21.2. The number of nitrogens with zero attached hydrogens (tertiary/aromatic N) is 6.